The Morgan fingerprint density at radius 3 is 2.43 bits per heavy atom. The number of rotatable bonds is 7. The average molecular weight is 463 g/mol. The number of hydrogen-bond acceptors (Lipinski definition) is 6. The van der Waals surface area contributed by atoms with E-state index in [1.54, 1.807) is 26.4 Å². The van der Waals surface area contributed by atoms with Gasteiger partial charge >= 0.3 is 0 Å². The number of nitrogens with one attached hydrogen (secondary N) is 1. The molecule has 0 atom stereocenters. The lowest BCUT2D eigenvalue weighted by molar-refractivity contribution is -0.115. The van der Waals surface area contributed by atoms with Gasteiger partial charge in [0.25, 0.3) is 0 Å². The molecule has 0 aliphatic heterocycles. The van der Waals surface area contributed by atoms with E-state index in [4.69, 9.17) is 14.2 Å². The van der Waals surface area contributed by atoms with Gasteiger partial charge < -0.3 is 19.5 Å². The molecule has 1 aromatic heterocycles. The second-order valence-corrected chi connectivity index (χ2v) is 7.58. The third kappa shape index (κ3) is 4.63. The van der Waals surface area contributed by atoms with Crippen molar-refractivity contribution in [3.63, 3.8) is 0 Å². The summed E-state index contributed by atoms with van der Waals surface area (Å²) < 4.78 is 16.9. The van der Waals surface area contributed by atoms with Crippen LogP contribution in [0.2, 0.25) is 0 Å². The molecule has 8 heteroatoms. The van der Waals surface area contributed by atoms with E-state index in [9.17, 15) is 4.79 Å². The maximum Gasteiger partial charge on any atom is 0.230 e. The number of nitrogens with zero attached hydrogens (tertiary/aromatic N) is 1. The average Bonchev–Trinajstić information content (AvgIpc) is 3.15. The van der Waals surface area contributed by atoms with Crippen LogP contribution >= 0.6 is 27.3 Å². The lowest BCUT2D eigenvalue weighted by atomic mass is 10.1. The summed E-state index contributed by atoms with van der Waals surface area (Å²) in [6, 6.07) is 11.4. The first-order chi connectivity index (χ1) is 13.5. The van der Waals surface area contributed by atoms with Gasteiger partial charge in [-0.25, -0.2) is 4.98 Å². The summed E-state index contributed by atoms with van der Waals surface area (Å²) in [5.74, 6) is 1.34. The number of ether oxygens (including phenoxy) is 3. The Morgan fingerprint density at radius 2 is 1.82 bits per heavy atom. The van der Waals surface area contributed by atoms with Gasteiger partial charge in [-0.15, -0.1) is 11.3 Å². The highest BCUT2D eigenvalue weighted by atomic mass is 79.9. The number of halogens is 1. The van der Waals surface area contributed by atoms with Crippen molar-refractivity contribution in [1.82, 2.24) is 4.98 Å². The molecule has 0 radical (unpaired) electrons. The number of thiazole rings is 1. The molecule has 1 amide bonds. The van der Waals surface area contributed by atoms with Crippen molar-refractivity contribution < 1.29 is 19.0 Å². The fraction of sp³-hybridized carbons (Fsp3) is 0.200. The predicted octanol–water partition coefficient (Wildman–Crippen LogP) is 4.78. The first kappa shape index (κ1) is 20.2. The number of aromatic nitrogens is 1. The zero-order valence-electron chi connectivity index (χ0n) is 15.6. The van der Waals surface area contributed by atoms with Crippen LogP contribution in [0.5, 0.6) is 17.2 Å². The van der Waals surface area contributed by atoms with Crippen molar-refractivity contribution in [2.45, 2.75) is 6.42 Å². The van der Waals surface area contributed by atoms with Crippen LogP contribution in [0.3, 0.4) is 0 Å². The lowest BCUT2D eigenvalue weighted by Crippen LogP contribution is -2.14. The molecule has 0 aliphatic rings. The molecule has 0 unspecified atom stereocenters. The first-order valence-corrected chi connectivity index (χ1v) is 10.0. The molecule has 0 fully saturated rings. The number of hydrogen-bond donors (Lipinski definition) is 1. The summed E-state index contributed by atoms with van der Waals surface area (Å²) in [7, 11) is 4.62. The molecule has 3 rings (SSSR count). The van der Waals surface area contributed by atoms with E-state index in [1.165, 1.54) is 18.4 Å². The van der Waals surface area contributed by atoms with Gasteiger partial charge in [0.1, 0.15) is 0 Å². The third-order valence-electron chi connectivity index (χ3n) is 3.96. The number of benzene rings is 2. The summed E-state index contributed by atoms with van der Waals surface area (Å²) in [6.45, 7) is 0. The highest BCUT2D eigenvalue weighted by molar-refractivity contribution is 9.10. The summed E-state index contributed by atoms with van der Waals surface area (Å²) in [6.07, 6.45) is 0.155. The van der Waals surface area contributed by atoms with Crippen molar-refractivity contribution >= 4 is 38.3 Å². The van der Waals surface area contributed by atoms with Crippen molar-refractivity contribution in [3.05, 3.63) is 51.8 Å². The molecule has 0 bridgehead atoms. The summed E-state index contributed by atoms with van der Waals surface area (Å²) in [4.78, 5) is 17.0. The van der Waals surface area contributed by atoms with E-state index in [0.29, 0.717) is 22.4 Å². The molecular formula is C20H19BrN2O4S. The molecule has 3 aromatic rings. The molecule has 2 aromatic carbocycles. The smallest absolute Gasteiger partial charge is 0.230 e. The minimum absolute atomic E-state index is 0.155. The van der Waals surface area contributed by atoms with Gasteiger partial charge in [0.2, 0.25) is 11.7 Å². The van der Waals surface area contributed by atoms with E-state index in [-0.39, 0.29) is 12.3 Å². The van der Waals surface area contributed by atoms with Crippen LogP contribution in [0.1, 0.15) is 5.56 Å². The highest BCUT2D eigenvalue weighted by Gasteiger charge is 2.15. The molecule has 0 saturated heterocycles. The van der Waals surface area contributed by atoms with Gasteiger partial charge in [-0.05, 0) is 29.8 Å². The summed E-state index contributed by atoms with van der Waals surface area (Å²) in [5, 5.41) is 5.30. The van der Waals surface area contributed by atoms with Crippen LogP contribution in [0.4, 0.5) is 5.13 Å². The van der Waals surface area contributed by atoms with Gasteiger partial charge in [-0.1, -0.05) is 28.1 Å². The minimum atomic E-state index is -0.176. The number of carbonyl (C=O) groups is 1. The fourth-order valence-electron chi connectivity index (χ4n) is 2.70. The van der Waals surface area contributed by atoms with Gasteiger partial charge in [0, 0.05) is 15.4 Å². The van der Waals surface area contributed by atoms with Crippen LogP contribution in [-0.4, -0.2) is 32.2 Å². The molecule has 1 heterocycles. The molecule has 28 heavy (non-hydrogen) atoms. The Balaban J connectivity index is 1.73. The normalized spacial score (nSPS) is 10.4. The van der Waals surface area contributed by atoms with Gasteiger partial charge in [-0.2, -0.15) is 0 Å². The molecular weight excluding hydrogens is 444 g/mol. The Labute approximate surface area is 175 Å². The maximum absolute atomic E-state index is 12.5. The van der Waals surface area contributed by atoms with Crippen molar-refractivity contribution in [2.75, 3.05) is 26.6 Å². The summed E-state index contributed by atoms with van der Waals surface area (Å²) >= 11 is 4.84. The topological polar surface area (TPSA) is 69.7 Å². The van der Waals surface area contributed by atoms with Crippen molar-refractivity contribution in [3.8, 4) is 28.5 Å². The van der Waals surface area contributed by atoms with E-state index in [0.717, 1.165) is 21.3 Å². The zero-order valence-corrected chi connectivity index (χ0v) is 18.0. The molecule has 6 nitrogen and oxygen atoms in total. The first-order valence-electron chi connectivity index (χ1n) is 8.34. The summed E-state index contributed by atoms with van der Waals surface area (Å²) in [5.41, 5.74) is 2.54. The highest BCUT2D eigenvalue weighted by Crippen LogP contribution is 2.38. The van der Waals surface area contributed by atoms with Crippen LogP contribution < -0.4 is 19.5 Å². The zero-order chi connectivity index (χ0) is 20.1. The van der Waals surface area contributed by atoms with Crippen molar-refractivity contribution in [2.24, 2.45) is 0 Å². The van der Waals surface area contributed by atoms with E-state index in [2.05, 4.69) is 26.2 Å². The second kappa shape index (κ2) is 9.07. The fourth-order valence-corrected chi connectivity index (χ4v) is 3.83. The minimum Gasteiger partial charge on any atom is -0.493 e. The molecule has 1 N–H and O–H groups in total. The van der Waals surface area contributed by atoms with Gasteiger partial charge in [-0.3, -0.25) is 4.79 Å². The van der Waals surface area contributed by atoms with Gasteiger partial charge in [0.15, 0.2) is 16.6 Å². The van der Waals surface area contributed by atoms with Crippen LogP contribution in [-0.2, 0) is 11.2 Å². The van der Waals surface area contributed by atoms with Crippen LogP contribution in [0.15, 0.2) is 46.3 Å². The maximum atomic E-state index is 12.5. The van der Waals surface area contributed by atoms with E-state index in [1.807, 2.05) is 29.6 Å². The molecule has 0 saturated carbocycles. The Hall–Kier alpha value is -2.58. The number of amides is 1. The SMILES string of the molecule is COc1cc(CC(=O)Nc2nc(-c3cccc(Br)c3)cs2)cc(OC)c1OC. The van der Waals surface area contributed by atoms with Gasteiger partial charge in [0.05, 0.1) is 33.4 Å². The van der Waals surface area contributed by atoms with E-state index < -0.39 is 0 Å². The van der Waals surface area contributed by atoms with Crippen molar-refractivity contribution in [1.29, 1.82) is 0 Å². The largest absolute Gasteiger partial charge is 0.493 e. The van der Waals surface area contributed by atoms with E-state index >= 15 is 0 Å². The molecule has 0 spiro atoms. The number of anilines is 1. The number of carbonyl (C=O) groups excluding carboxylic acids is 1. The second-order valence-electron chi connectivity index (χ2n) is 5.81. The number of methoxy groups -OCH3 is 3. The quantitative estimate of drug-likeness (QED) is 0.546. The Morgan fingerprint density at radius 1 is 1.11 bits per heavy atom. The Kier molecular flexibility index (Phi) is 6.53. The molecule has 146 valence electrons. The van der Waals surface area contributed by atoms with Crippen LogP contribution in [0, 0.1) is 0 Å². The predicted molar refractivity (Wildman–Crippen MR) is 114 cm³/mol. The Bertz CT molecular complexity index is 965. The van der Waals surface area contributed by atoms with Crippen LogP contribution in [0.25, 0.3) is 11.3 Å². The third-order valence-corrected chi connectivity index (χ3v) is 5.21. The molecule has 0 aliphatic carbocycles. The lowest BCUT2D eigenvalue weighted by Gasteiger charge is -2.13. The monoisotopic (exact) mass is 462 g/mol. The standard InChI is InChI=1S/C20H19BrN2O4S/c1-25-16-7-12(8-17(26-2)19(16)27-3)9-18(24)23-20-22-15(11-28-20)13-5-4-6-14(21)10-13/h4-8,10-11H,9H2,1-3H3,(H,22,23,24).